The molecule has 0 spiro atoms. The van der Waals surface area contributed by atoms with Gasteiger partial charge in [-0.3, -0.25) is 19.2 Å². The lowest BCUT2D eigenvalue weighted by Gasteiger charge is -2.25. The number of aliphatic hydroxyl groups excluding tert-OH is 1. The topological polar surface area (TPSA) is 269 Å². The van der Waals surface area contributed by atoms with Crippen LogP contribution in [0.3, 0.4) is 0 Å². The van der Waals surface area contributed by atoms with Gasteiger partial charge >= 0.3 is 15.2 Å². The largest absolute Gasteiger partial charge is 0.384 e. The van der Waals surface area contributed by atoms with Crippen LogP contribution in [-0.4, -0.2) is 139 Å². The Kier molecular flexibility index (Phi) is 19.4. The minimum Gasteiger partial charge on any atom is -0.384 e. The maximum Gasteiger partial charge on any atom is 0.340 e. The number of hydrogen-bond donors (Lipinski definition) is 7. The van der Waals surface area contributed by atoms with Gasteiger partial charge in [0.05, 0.1) is 65.5 Å². The number of nitrogens with two attached hydrogens (primary N) is 1. The molecule has 0 saturated carbocycles. The third-order valence-electron chi connectivity index (χ3n) is 7.17. The van der Waals surface area contributed by atoms with E-state index in [2.05, 4.69) is 21.2 Å². The number of rotatable bonds is 26. The molecule has 1 aromatic carbocycles. The molecule has 19 nitrogen and oxygen atoms in total. The molecule has 0 radical (unpaired) electrons. The number of anilines is 1. The zero-order valence-electron chi connectivity index (χ0n) is 28.8. The molecule has 1 amide bonds. The second-order valence-corrected chi connectivity index (χ2v) is 15.8. The Morgan fingerprint density at radius 3 is 2.34 bits per heavy atom. The molecule has 1 aliphatic rings. The van der Waals surface area contributed by atoms with E-state index in [0.717, 1.165) is 11.8 Å². The maximum absolute atomic E-state index is 13.1. The highest BCUT2D eigenvalue weighted by Gasteiger charge is 2.40. The van der Waals surface area contributed by atoms with E-state index in [1.54, 1.807) is 4.90 Å². The quantitative estimate of drug-likeness (QED) is 0.0216. The number of carbonyl (C=O) groups excluding carboxylic acids is 1. The smallest absolute Gasteiger partial charge is 0.340 e. The molecule has 4 atom stereocenters. The number of nitrogens with zero attached hydrogens (tertiary/aromatic N) is 3. The average Bonchev–Trinajstić information content (AvgIpc) is 3.44. The van der Waals surface area contributed by atoms with E-state index in [0.29, 0.717) is 39.6 Å². The lowest BCUT2D eigenvalue weighted by Crippen LogP contribution is -2.87. The van der Waals surface area contributed by atoms with Crippen LogP contribution in [-0.2, 0) is 48.7 Å². The van der Waals surface area contributed by atoms with Crippen molar-refractivity contribution in [3.05, 3.63) is 46.7 Å². The Bertz CT molecular complexity index is 1590. The summed E-state index contributed by atoms with van der Waals surface area (Å²) in [5.74, 6) is 0.923. The summed E-state index contributed by atoms with van der Waals surface area (Å²) in [7, 11) is -9.46. The fourth-order valence-corrected chi connectivity index (χ4v) is 7.66. The summed E-state index contributed by atoms with van der Waals surface area (Å²) >= 11 is 6.33. The van der Waals surface area contributed by atoms with Crippen molar-refractivity contribution in [2.45, 2.75) is 31.4 Å². The Labute approximate surface area is 311 Å². The number of nitrogens with one attached hydrogen (secondary N) is 2. The van der Waals surface area contributed by atoms with Crippen molar-refractivity contribution in [3.8, 4) is 12.3 Å². The first-order valence-corrected chi connectivity index (χ1v) is 20.3. The Hall–Kier alpha value is -2.89. The zero-order chi connectivity index (χ0) is 38.7. The van der Waals surface area contributed by atoms with Crippen LogP contribution >= 0.6 is 26.8 Å². The summed E-state index contributed by atoms with van der Waals surface area (Å²) in [6.45, 7) is 2.46. The van der Waals surface area contributed by atoms with Crippen molar-refractivity contribution in [2.75, 3.05) is 83.4 Å². The van der Waals surface area contributed by atoms with Crippen molar-refractivity contribution in [1.29, 1.82) is 5.41 Å². The van der Waals surface area contributed by atoms with E-state index in [-0.39, 0.29) is 67.7 Å². The van der Waals surface area contributed by atoms with Gasteiger partial charge in [-0.1, -0.05) is 36.3 Å². The van der Waals surface area contributed by atoms with Gasteiger partial charge in [0.15, 0.2) is 5.90 Å². The molecule has 22 heteroatoms. The number of aliphatic hydroxyl groups is 1. The summed E-state index contributed by atoms with van der Waals surface area (Å²) in [5.41, 5.74) is 1.00. The van der Waals surface area contributed by atoms with E-state index in [1.807, 2.05) is 30.3 Å². The van der Waals surface area contributed by atoms with Crippen LogP contribution in [0.1, 0.15) is 17.5 Å². The van der Waals surface area contributed by atoms with Gasteiger partial charge in [-0.15, -0.1) is 6.42 Å². The van der Waals surface area contributed by atoms with E-state index < -0.39 is 46.1 Å². The number of amides is 1. The number of aromatic nitrogens is 2. The molecule has 1 fully saturated rings. The monoisotopic (exact) mass is 807 g/mol. The minimum atomic E-state index is -4.83. The molecule has 2 heterocycles. The lowest BCUT2D eigenvalue weighted by atomic mass is 10.2. The molecular formula is C31H46ClN6O13P2+. The summed E-state index contributed by atoms with van der Waals surface area (Å²) in [6, 6.07) is 9.24. The normalized spacial score (nSPS) is 18.3. The first kappa shape index (κ1) is 44.5. The molecule has 3 rings (SSSR count). The number of halogens is 1. The van der Waals surface area contributed by atoms with E-state index in [9.17, 15) is 23.9 Å². The fraction of sp³-hybridized carbons (Fsp3) is 0.548. The second-order valence-electron chi connectivity index (χ2n) is 11.5. The molecule has 53 heavy (non-hydrogen) atoms. The van der Waals surface area contributed by atoms with E-state index >= 15 is 0 Å². The van der Waals surface area contributed by atoms with Gasteiger partial charge in [-0.25, -0.2) is 0 Å². The predicted molar refractivity (Wildman–Crippen MR) is 191 cm³/mol. The molecular weight excluding hydrogens is 762 g/mol. The van der Waals surface area contributed by atoms with Crippen LogP contribution in [0.25, 0.3) is 0 Å². The summed E-state index contributed by atoms with van der Waals surface area (Å²) < 4.78 is 55.3. The predicted octanol–water partition coefficient (Wildman–Crippen LogP) is -0.0419. The number of quaternary nitrogens is 1. The highest BCUT2D eigenvalue weighted by Crippen LogP contribution is 2.55. The van der Waals surface area contributed by atoms with Crippen LogP contribution in [0.2, 0.25) is 5.28 Å². The van der Waals surface area contributed by atoms with E-state index in [4.69, 9.17) is 61.4 Å². The van der Waals surface area contributed by atoms with Crippen molar-refractivity contribution >= 4 is 50.5 Å². The molecule has 0 bridgehead atoms. The van der Waals surface area contributed by atoms with Crippen molar-refractivity contribution in [2.24, 2.45) is 0 Å². The van der Waals surface area contributed by atoms with Gasteiger partial charge in [0, 0.05) is 25.7 Å². The maximum atomic E-state index is 13.1. The highest BCUT2D eigenvalue weighted by molar-refractivity contribution is 7.70. The first-order chi connectivity index (χ1) is 25.3. The fourth-order valence-electron chi connectivity index (χ4n) is 4.90. The molecule has 2 aromatic rings. The Morgan fingerprint density at radius 2 is 1.72 bits per heavy atom. The van der Waals surface area contributed by atoms with Crippen molar-refractivity contribution in [1.82, 2.24) is 15.3 Å². The second kappa shape index (κ2) is 23.1. The standard InChI is InChI=1S/C31H45ClN6O13P2/c1-2-9-46-11-13-48-15-16-49-14-12-47-10-8-34-27(40)20-38(19-23-6-4-3-5-7-23)29-25(18-33)28(36-31(32)37-29)35-30-26(39)17-24(51-30)21-50-53(44,45)22-52(41,42)43/h1,3-7,18,24,26,30,33,39H,8-17,19-22H2,(H,34,40)(H,44,45)(H,35,36,37)(H2,41,42,43)/p+1/t24-,26+,30?/m0/s1. The van der Waals surface area contributed by atoms with Gasteiger partial charge in [0.1, 0.15) is 24.1 Å². The number of ether oxygens (including phenoxy) is 5. The van der Waals surface area contributed by atoms with Gasteiger partial charge in [0.25, 0.3) is 0 Å². The molecule has 294 valence electrons. The SMILES string of the molecule is C#CCOCCOCCOCCOCCNC(=O)CN(Cc1ccccc1)c1nc(Cl)nc([NH2+]C2O[C@H](COP(=O)(O)CP(=O)(O)O)C[C@H]2O)c1C=N. The van der Waals surface area contributed by atoms with Crippen molar-refractivity contribution < 1.29 is 67.2 Å². The number of hydrogen-bond acceptors (Lipinski definition) is 14. The van der Waals surface area contributed by atoms with Gasteiger partial charge < -0.3 is 63.6 Å². The van der Waals surface area contributed by atoms with Gasteiger partial charge in [0.2, 0.25) is 23.2 Å². The molecule has 8 N–H and O–H groups in total. The number of carbonyl (C=O) groups is 1. The van der Waals surface area contributed by atoms with Gasteiger partial charge in [-0.05, 0) is 17.2 Å². The van der Waals surface area contributed by atoms with Gasteiger partial charge in [-0.2, -0.15) is 9.97 Å². The molecule has 1 saturated heterocycles. The van der Waals surface area contributed by atoms with Crippen LogP contribution in [0.4, 0.5) is 11.6 Å². The number of benzene rings is 1. The van der Waals surface area contributed by atoms with E-state index in [1.165, 1.54) is 5.32 Å². The highest BCUT2D eigenvalue weighted by atomic mass is 35.5. The van der Waals surface area contributed by atoms with Crippen molar-refractivity contribution in [3.63, 3.8) is 0 Å². The van der Waals surface area contributed by atoms with Crippen LogP contribution < -0.4 is 15.5 Å². The number of terminal acetylenes is 1. The third-order valence-corrected chi connectivity index (χ3v) is 10.8. The Morgan fingerprint density at radius 1 is 1.08 bits per heavy atom. The summed E-state index contributed by atoms with van der Waals surface area (Å²) in [6.07, 6.45) is 2.96. The summed E-state index contributed by atoms with van der Waals surface area (Å²) in [4.78, 5) is 51.1. The molecule has 1 aliphatic heterocycles. The van der Waals surface area contributed by atoms with Crippen LogP contribution in [0, 0.1) is 17.8 Å². The summed E-state index contributed by atoms with van der Waals surface area (Å²) in [5, 5.41) is 22.9. The minimum absolute atomic E-state index is 0.0421. The first-order valence-electron chi connectivity index (χ1n) is 16.4. The molecule has 0 aliphatic carbocycles. The zero-order valence-corrected chi connectivity index (χ0v) is 31.4. The Balaban J connectivity index is 1.57. The molecule has 2 unspecified atom stereocenters. The lowest BCUT2D eigenvalue weighted by molar-refractivity contribution is -0.663. The van der Waals surface area contributed by atoms with Crippen LogP contribution in [0.15, 0.2) is 30.3 Å². The van der Waals surface area contributed by atoms with Crippen LogP contribution in [0.5, 0.6) is 0 Å². The third kappa shape index (κ3) is 17.4. The molecule has 1 aromatic heterocycles. The average molecular weight is 808 g/mol.